The van der Waals surface area contributed by atoms with Crippen molar-refractivity contribution in [1.29, 1.82) is 0 Å². The largest absolute Gasteiger partial charge is 0.364 e. The molecule has 1 aliphatic carbocycles. The van der Waals surface area contributed by atoms with Crippen LogP contribution in [0.5, 0.6) is 0 Å². The minimum Gasteiger partial charge on any atom is -0.364 e. The molecule has 0 aliphatic heterocycles. The SMILES string of the molecule is NC(=O)c1nonc1NC(=O)C1CCCCC1C=O. The van der Waals surface area contributed by atoms with Gasteiger partial charge in [0.1, 0.15) is 6.29 Å². The molecule has 1 heterocycles. The van der Waals surface area contributed by atoms with E-state index in [1.54, 1.807) is 0 Å². The second-order valence-electron chi connectivity index (χ2n) is 4.51. The van der Waals surface area contributed by atoms with Gasteiger partial charge >= 0.3 is 0 Å². The van der Waals surface area contributed by atoms with Crippen molar-refractivity contribution < 1.29 is 19.0 Å². The minimum atomic E-state index is -0.841. The second kappa shape index (κ2) is 5.59. The summed E-state index contributed by atoms with van der Waals surface area (Å²) in [6.07, 6.45) is 3.96. The van der Waals surface area contributed by atoms with E-state index in [0.29, 0.717) is 12.8 Å². The Morgan fingerprint density at radius 1 is 1.32 bits per heavy atom. The van der Waals surface area contributed by atoms with Crippen LogP contribution in [0.4, 0.5) is 5.82 Å². The molecule has 1 aromatic heterocycles. The lowest BCUT2D eigenvalue weighted by atomic mass is 9.79. The normalized spacial score (nSPS) is 22.7. The van der Waals surface area contributed by atoms with E-state index < -0.39 is 11.8 Å². The van der Waals surface area contributed by atoms with E-state index in [4.69, 9.17) is 5.73 Å². The van der Waals surface area contributed by atoms with Crippen molar-refractivity contribution in [3.05, 3.63) is 5.69 Å². The topological polar surface area (TPSA) is 128 Å². The molecule has 0 radical (unpaired) electrons. The molecule has 2 atom stereocenters. The van der Waals surface area contributed by atoms with E-state index in [1.807, 2.05) is 0 Å². The maximum absolute atomic E-state index is 12.1. The summed E-state index contributed by atoms with van der Waals surface area (Å²) >= 11 is 0. The van der Waals surface area contributed by atoms with Crippen LogP contribution >= 0.6 is 0 Å². The number of carbonyl (C=O) groups is 3. The summed E-state index contributed by atoms with van der Waals surface area (Å²) in [5.74, 6) is -2.02. The number of anilines is 1. The van der Waals surface area contributed by atoms with Gasteiger partial charge in [0.05, 0.1) is 0 Å². The van der Waals surface area contributed by atoms with Gasteiger partial charge in [-0.05, 0) is 23.2 Å². The van der Waals surface area contributed by atoms with Gasteiger partial charge in [0.25, 0.3) is 5.91 Å². The fraction of sp³-hybridized carbons (Fsp3) is 0.545. The molecule has 0 aromatic carbocycles. The molecule has 1 aliphatic rings. The van der Waals surface area contributed by atoms with Crippen molar-refractivity contribution in [2.24, 2.45) is 17.6 Å². The van der Waals surface area contributed by atoms with Crippen LogP contribution in [-0.4, -0.2) is 28.4 Å². The molecule has 1 aromatic rings. The highest BCUT2D eigenvalue weighted by atomic mass is 16.6. The average molecular weight is 266 g/mol. The second-order valence-corrected chi connectivity index (χ2v) is 4.51. The van der Waals surface area contributed by atoms with Crippen LogP contribution in [0.25, 0.3) is 0 Å². The minimum absolute atomic E-state index is 0.104. The molecule has 1 saturated carbocycles. The van der Waals surface area contributed by atoms with Gasteiger partial charge < -0.3 is 15.8 Å². The summed E-state index contributed by atoms with van der Waals surface area (Å²) in [7, 11) is 0. The van der Waals surface area contributed by atoms with E-state index in [1.165, 1.54) is 0 Å². The van der Waals surface area contributed by atoms with Crippen molar-refractivity contribution in [3.63, 3.8) is 0 Å². The molecule has 2 unspecified atom stereocenters. The molecular weight excluding hydrogens is 252 g/mol. The fourth-order valence-corrected chi connectivity index (χ4v) is 2.29. The quantitative estimate of drug-likeness (QED) is 0.744. The van der Waals surface area contributed by atoms with Crippen molar-refractivity contribution in [2.45, 2.75) is 25.7 Å². The summed E-state index contributed by atoms with van der Waals surface area (Å²) in [6.45, 7) is 0. The predicted molar refractivity (Wildman–Crippen MR) is 63.0 cm³/mol. The number of hydrogen-bond donors (Lipinski definition) is 2. The van der Waals surface area contributed by atoms with Crippen LogP contribution in [-0.2, 0) is 9.59 Å². The lowest BCUT2D eigenvalue weighted by molar-refractivity contribution is -0.126. The van der Waals surface area contributed by atoms with E-state index in [0.717, 1.165) is 19.1 Å². The fourth-order valence-electron chi connectivity index (χ4n) is 2.29. The first-order valence-electron chi connectivity index (χ1n) is 6.02. The predicted octanol–water partition coefficient (Wildman–Crippen LogP) is 0.112. The number of nitrogens with two attached hydrogens (primary N) is 1. The molecule has 1 fully saturated rings. The van der Waals surface area contributed by atoms with Gasteiger partial charge in [-0.2, -0.15) is 0 Å². The molecule has 19 heavy (non-hydrogen) atoms. The van der Waals surface area contributed by atoms with Gasteiger partial charge in [0.15, 0.2) is 0 Å². The molecule has 3 N–H and O–H groups in total. The Labute approximate surface area is 108 Å². The van der Waals surface area contributed by atoms with Crippen molar-refractivity contribution in [2.75, 3.05) is 5.32 Å². The zero-order chi connectivity index (χ0) is 13.8. The van der Waals surface area contributed by atoms with Crippen LogP contribution in [0, 0.1) is 11.8 Å². The standard InChI is InChI=1S/C11H14N4O4/c12-9(17)8-10(15-19-14-8)13-11(18)7-4-2-1-3-6(7)5-16/h5-7H,1-4H2,(H2,12,17)(H,13,15,18). The number of hydrogen-bond acceptors (Lipinski definition) is 6. The number of rotatable bonds is 4. The van der Waals surface area contributed by atoms with Gasteiger partial charge in [-0.25, -0.2) is 4.63 Å². The number of nitrogens with one attached hydrogen (secondary N) is 1. The lowest BCUT2D eigenvalue weighted by Crippen LogP contribution is -2.33. The monoisotopic (exact) mass is 266 g/mol. The highest BCUT2D eigenvalue weighted by Crippen LogP contribution is 2.29. The molecule has 102 valence electrons. The molecule has 0 bridgehead atoms. The Hall–Kier alpha value is -2.25. The molecule has 2 rings (SSSR count). The Balaban J connectivity index is 2.09. The Kier molecular flexibility index (Phi) is 3.88. The van der Waals surface area contributed by atoms with Gasteiger partial charge in [0.2, 0.25) is 17.4 Å². The van der Waals surface area contributed by atoms with Gasteiger partial charge in [-0.15, -0.1) is 0 Å². The average Bonchev–Trinajstić information content (AvgIpc) is 2.87. The van der Waals surface area contributed by atoms with Crippen molar-refractivity contribution in [3.8, 4) is 0 Å². The summed E-state index contributed by atoms with van der Waals surface area (Å²) < 4.78 is 4.36. The number of nitrogens with zero attached hydrogens (tertiary/aromatic N) is 2. The summed E-state index contributed by atoms with van der Waals surface area (Å²) in [5.41, 5.74) is 4.83. The van der Waals surface area contributed by atoms with E-state index in [-0.39, 0.29) is 23.3 Å². The van der Waals surface area contributed by atoms with E-state index in [2.05, 4.69) is 20.3 Å². The Morgan fingerprint density at radius 3 is 2.74 bits per heavy atom. The first-order chi connectivity index (χ1) is 9.13. The van der Waals surface area contributed by atoms with Gasteiger partial charge in [-0.1, -0.05) is 12.8 Å². The zero-order valence-corrected chi connectivity index (χ0v) is 10.2. The number of carbonyl (C=O) groups excluding carboxylic acids is 3. The van der Waals surface area contributed by atoms with Crippen LogP contribution in [0.2, 0.25) is 0 Å². The third-order valence-corrected chi connectivity index (χ3v) is 3.29. The highest BCUT2D eigenvalue weighted by molar-refractivity contribution is 6.01. The molecule has 8 heteroatoms. The first-order valence-corrected chi connectivity index (χ1v) is 6.02. The Morgan fingerprint density at radius 2 is 2.05 bits per heavy atom. The van der Waals surface area contributed by atoms with Crippen molar-refractivity contribution in [1.82, 2.24) is 10.3 Å². The lowest BCUT2D eigenvalue weighted by Gasteiger charge is -2.26. The number of aldehydes is 1. The number of amides is 2. The van der Waals surface area contributed by atoms with Gasteiger partial charge in [-0.3, -0.25) is 9.59 Å². The number of aromatic nitrogens is 2. The maximum Gasteiger partial charge on any atom is 0.274 e. The number of primary amides is 1. The van der Waals surface area contributed by atoms with E-state index >= 15 is 0 Å². The molecule has 2 amide bonds. The van der Waals surface area contributed by atoms with E-state index in [9.17, 15) is 14.4 Å². The Bertz CT molecular complexity index is 499. The molecule has 8 nitrogen and oxygen atoms in total. The molecule has 0 spiro atoms. The van der Waals surface area contributed by atoms with Crippen LogP contribution in [0.3, 0.4) is 0 Å². The molecule has 0 saturated heterocycles. The van der Waals surface area contributed by atoms with Crippen molar-refractivity contribution >= 4 is 23.9 Å². The highest BCUT2D eigenvalue weighted by Gasteiger charge is 2.32. The molecular formula is C11H14N4O4. The van der Waals surface area contributed by atoms with Crippen LogP contribution in [0.15, 0.2) is 4.63 Å². The third-order valence-electron chi connectivity index (χ3n) is 3.29. The van der Waals surface area contributed by atoms with Crippen LogP contribution in [0.1, 0.15) is 36.2 Å². The van der Waals surface area contributed by atoms with Crippen LogP contribution < -0.4 is 11.1 Å². The summed E-state index contributed by atoms with van der Waals surface area (Å²) in [4.78, 5) is 34.0. The smallest absolute Gasteiger partial charge is 0.274 e. The first kappa shape index (κ1) is 13.2. The summed E-state index contributed by atoms with van der Waals surface area (Å²) in [5, 5.41) is 9.16. The summed E-state index contributed by atoms with van der Waals surface area (Å²) in [6, 6.07) is 0. The maximum atomic E-state index is 12.1. The third kappa shape index (κ3) is 2.78. The van der Waals surface area contributed by atoms with Gasteiger partial charge in [0, 0.05) is 11.8 Å². The zero-order valence-electron chi connectivity index (χ0n) is 10.2.